The minimum Gasteiger partial charge on any atom is -0.481 e. The van der Waals surface area contributed by atoms with Gasteiger partial charge in [0.15, 0.2) is 0 Å². The van der Waals surface area contributed by atoms with Crippen molar-refractivity contribution >= 4 is 12.0 Å². The van der Waals surface area contributed by atoms with Crippen LogP contribution in [0.1, 0.15) is 36.9 Å². The van der Waals surface area contributed by atoms with Gasteiger partial charge in [-0.3, -0.25) is 9.89 Å². The first-order chi connectivity index (χ1) is 10.1. The Morgan fingerprint density at radius 1 is 1.52 bits per heavy atom. The molecule has 4 N–H and O–H groups in total. The quantitative estimate of drug-likeness (QED) is 0.540. The first kappa shape index (κ1) is 15.3. The smallest absolute Gasteiger partial charge is 0.315 e. The number of carbonyl (C=O) groups is 2. The van der Waals surface area contributed by atoms with E-state index >= 15 is 0 Å². The van der Waals surface area contributed by atoms with E-state index in [0.29, 0.717) is 12.5 Å². The molecule has 1 aliphatic carbocycles. The normalized spacial score (nSPS) is 15.5. The molecule has 0 aromatic carbocycles. The molecule has 1 atom stereocenters. The summed E-state index contributed by atoms with van der Waals surface area (Å²) in [7, 11) is 0. The number of nitrogens with one attached hydrogen (secondary N) is 3. The summed E-state index contributed by atoms with van der Waals surface area (Å²) in [4.78, 5) is 22.5. The number of hydrogen-bond donors (Lipinski definition) is 4. The van der Waals surface area contributed by atoms with Crippen molar-refractivity contribution in [1.29, 1.82) is 0 Å². The maximum absolute atomic E-state index is 11.8. The third-order valence-corrected chi connectivity index (χ3v) is 3.74. The molecule has 1 aromatic heterocycles. The largest absolute Gasteiger partial charge is 0.481 e. The van der Waals surface area contributed by atoms with Gasteiger partial charge in [-0.25, -0.2) is 4.79 Å². The van der Waals surface area contributed by atoms with Gasteiger partial charge in [-0.2, -0.15) is 5.10 Å². The fourth-order valence-electron chi connectivity index (χ4n) is 2.35. The minimum atomic E-state index is -0.873. The molecule has 0 radical (unpaired) electrons. The first-order valence-corrected chi connectivity index (χ1v) is 7.31. The number of carboxylic acid groups (broad SMARTS) is 1. The molecule has 1 unspecified atom stereocenters. The van der Waals surface area contributed by atoms with E-state index in [1.54, 1.807) is 6.20 Å². The molecule has 0 saturated heterocycles. The van der Waals surface area contributed by atoms with Crippen LogP contribution in [0.4, 0.5) is 4.79 Å². The average Bonchev–Trinajstić information content (AvgIpc) is 3.18. The molecule has 1 heterocycles. The van der Waals surface area contributed by atoms with E-state index in [9.17, 15) is 9.59 Å². The van der Waals surface area contributed by atoms with Gasteiger partial charge in [0.05, 0.1) is 12.6 Å². The summed E-state index contributed by atoms with van der Waals surface area (Å²) in [5, 5.41) is 21.2. The fraction of sp³-hybridized carbons (Fsp3) is 0.643. The van der Waals surface area contributed by atoms with E-state index in [1.165, 1.54) is 0 Å². The molecule has 7 nitrogen and oxygen atoms in total. The molecular formula is C14H22N4O3. The van der Waals surface area contributed by atoms with E-state index in [4.69, 9.17) is 5.11 Å². The van der Waals surface area contributed by atoms with E-state index in [0.717, 1.165) is 36.9 Å². The lowest BCUT2D eigenvalue weighted by atomic mass is 10.1. The molecule has 2 rings (SSSR count). The molecular weight excluding hydrogens is 272 g/mol. The van der Waals surface area contributed by atoms with Crippen molar-refractivity contribution in [2.45, 2.75) is 45.1 Å². The highest BCUT2D eigenvalue weighted by Crippen LogP contribution is 2.33. The van der Waals surface area contributed by atoms with Crippen molar-refractivity contribution in [2.75, 3.05) is 6.54 Å². The Kier molecular flexibility index (Phi) is 5.19. The van der Waals surface area contributed by atoms with Crippen LogP contribution in [0, 0.1) is 12.8 Å². The Balaban J connectivity index is 1.64. The summed E-state index contributed by atoms with van der Waals surface area (Å²) < 4.78 is 0. The molecule has 0 aliphatic heterocycles. The number of urea groups is 1. The summed E-state index contributed by atoms with van der Waals surface area (Å²) in [6.45, 7) is 2.52. The highest BCUT2D eigenvalue weighted by Gasteiger charge is 2.33. The van der Waals surface area contributed by atoms with Crippen LogP contribution >= 0.6 is 0 Å². The van der Waals surface area contributed by atoms with Gasteiger partial charge in [0.1, 0.15) is 0 Å². The van der Waals surface area contributed by atoms with Crippen LogP contribution in [-0.4, -0.2) is 39.9 Å². The topological polar surface area (TPSA) is 107 Å². The van der Waals surface area contributed by atoms with Crippen molar-refractivity contribution in [3.05, 3.63) is 17.5 Å². The summed E-state index contributed by atoms with van der Waals surface area (Å²) in [5.41, 5.74) is 2.20. The molecule has 0 bridgehead atoms. The van der Waals surface area contributed by atoms with Gasteiger partial charge in [0.2, 0.25) is 0 Å². The summed E-state index contributed by atoms with van der Waals surface area (Å²) >= 11 is 0. The zero-order valence-electron chi connectivity index (χ0n) is 12.2. The van der Waals surface area contributed by atoms with Crippen molar-refractivity contribution < 1.29 is 14.7 Å². The maximum Gasteiger partial charge on any atom is 0.315 e. The number of aliphatic carboxylic acids is 1. The second-order valence-electron chi connectivity index (χ2n) is 5.57. The third-order valence-electron chi connectivity index (χ3n) is 3.74. The summed E-state index contributed by atoms with van der Waals surface area (Å²) in [5.74, 6) is -0.553. The van der Waals surface area contributed by atoms with Crippen LogP contribution in [0.2, 0.25) is 0 Å². The minimum absolute atomic E-state index is 0.00764. The molecule has 7 heteroatoms. The van der Waals surface area contributed by atoms with Gasteiger partial charge < -0.3 is 15.7 Å². The lowest BCUT2D eigenvalue weighted by Gasteiger charge is -2.16. The number of carboxylic acids is 1. The SMILES string of the molecule is Cc1[nH]ncc1CCCNC(=O)NC(CC(=O)O)C1CC1. The predicted molar refractivity (Wildman–Crippen MR) is 76.9 cm³/mol. The van der Waals surface area contributed by atoms with Crippen LogP contribution in [-0.2, 0) is 11.2 Å². The summed E-state index contributed by atoms with van der Waals surface area (Å²) in [6.07, 6.45) is 5.46. The van der Waals surface area contributed by atoms with E-state index in [2.05, 4.69) is 20.8 Å². The monoisotopic (exact) mass is 294 g/mol. The summed E-state index contributed by atoms with van der Waals surface area (Å²) in [6, 6.07) is -0.532. The van der Waals surface area contributed by atoms with E-state index in [-0.39, 0.29) is 18.5 Å². The van der Waals surface area contributed by atoms with E-state index in [1.807, 2.05) is 6.92 Å². The Morgan fingerprint density at radius 3 is 2.86 bits per heavy atom. The van der Waals surface area contributed by atoms with Gasteiger partial charge in [-0.15, -0.1) is 0 Å². The van der Waals surface area contributed by atoms with Gasteiger partial charge in [-0.1, -0.05) is 0 Å². The van der Waals surface area contributed by atoms with E-state index < -0.39 is 5.97 Å². The third kappa shape index (κ3) is 5.09. The average molecular weight is 294 g/mol. The van der Waals surface area contributed by atoms with Crippen LogP contribution in [0.25, 0.3) is 0 Å². The molecule has 116 valence electrons. The number of hydrogen-bond acceptors (Lipinski definition) is 3. The molecule has 2 amide bonds. The Bertz CT molecular complexity index is 496. The number of carbonyl (C=O) groups excluding carboxylic acids is 1. The second-order valence-corrected chi connectivity index (χ2v) is 5.57. The van der Waals surface area contributed by atoms with Crippen LogP contribution in [0.3, 0.4) is 0 Å². The van der Waals surface area contributed by atoms with Crippen molar-refractivity contribution in [3.8, 4) is 0 Å². The van der Waals surface area contributed by atoms with Crippen LogP contribution in [0.5, 0.6) is 0 Å². The Morgan fingerprint density at radius 2 is 2.29 bits per heavy atom. The predicted octanol–water partition coefficient (Wildman–Crippen LogP) is 1.20. The maximum atomic E-state index is 11.8. The number of H-pyrrole nitrogens is 1. The second kappa shape index (κ2) is 7.10. The molecule has 1 aliphatic rings. The van der Waals surface area contributed by atoms with Gasteiger partial charge in [0, 0.05) is 18.3 Å². The molecule has 0 spiro atoms. The van der Waals surface area contributed by atoms with Gasteiger partial charge in [0.25, 0.3) is 0 Å². The van der Waals surface area contributed by atoms with Crippen LogP contribution < -0.4 is 10.6 Å². The molecule has 1 fully saturated rings. The zero-order chi connectivity index (χ0) is 15.2. The molecule has 1 saturated carbocycles. The van der Waals surface area contributed by atoms with Gasteiger partial charge >= 0.3 is 12.0 Å². The van der Waals surface area contributed by atoms with Crippen molar-refractivity contribution in [1.82, 2.24) is 20.8 Å². The number of aromatic amines is 1. The highest BCUT2D eigenvalue weighted by molar-refractivity contribution is 5.75. The number of nitrogens with zero attached hydrogens (tertiary/aromatic N) is 1. The van der Waals surface area contributed by atoms with Crippen molar-refractivity contribution in [3.63, 3.8) is 0 Å². The first-order valence-electron chi connectivity index (χ1n) is 7.31. The van der Waals surface area contributed by atoms with Gasteiger partial charge in [-0.05, 0) is 44.1 Å². The lowest BCUT2D eigenvalue weighted by molar-refractivity contribution is -0.137. The lowest BCUT2D eigenvalue weighted by Crippen LogP contribution is -2.44. The Labute approximate surface area is 123 Å². The van der Waals surface area contributed by atoms with Crippen LogP contribution in [0.15, 0.2) is 6.20 Å². The number of rotatable bonds is 8. The number of amides is 2. The Hall–Kier alpha value is -2.05. The highest BCUT2D eigenvalue weighted by atomic mass is 16.4. The number of aromatic nitrogens is 2. The fourth-order valence-corrected chi connectivity index (χ4v) is 2.35. The zero-order valence-corrected chi connectivity index (χ0v) is 12.2. The van der Waals surface area contributed by atoms with Crippen molar-refractivity contribution in [2.24, 2.45) is 5.92 Å². The molecule has 1 aromatic rings. The number of aryl methyl sites for hydroxylation is 2. The standard InChI is InChI=1S/C14H22N4O3/c1-9-11(8-16-18-9)3-2-6-15-14(21)17-12(7-13(19)20)10-4-5-10/h8,10,12H,2-7H2,1H3,(H,16,18)(H,19,20)(H2,15,17,21). The molecule has 21 heavy (non-hydrogen) atoms.